The van der Waals surface area contributed by atoms with Gasteiger partial charge in [0.15, 0.2) is 23.0 Å². The maximum atomic E-state index is 5.56. The summed E-state index contributed by atoms with van der Waals surface area (Å²) in [6.07, 6.45) is 1.03. The van der Waals surface area contributed by atoms with Crippen LogP contribution in [0.3, 0.4) is 0 Å². The number of benzene rings is 2. The SMILES string of the molecule is COc1cc2c(cc1OC)[C@H](c1ccc3c(c1)OCO3)[NH+](C)CC2. The van der Waals surface area contributed by atoms with Crippen LogP contribution >= 0.6 is 0 Å². The molecule has 126 valence electrons. The van der Waals surface area contributed by atoms with Crippen LogP contribution < -0.4 is 23.8 Å². The van der Waals surface area contributed by atoms with Crippen molar-refractivity contribution in [3.63, 3.8) is 0 Å². The van der Waals surface area contributed by atoms with Gasteiger partial charge in [-0.2, -0.15) is 0 Å². The van der Waals surface area contributed by atoms with Crippen molar-refractivity contribution in [2.24, 2.45) is 0 Å². The highest BCUT2D eigenvalue weighted by Crippen LogP contribution is 2.39. The number of quaternary nitrogens is 1. The summed E-state index contributed by atoms with van der Waals surface area (Å²) in [7, 11) is 5.59. The van der Waals surface area contributed by atoms with Gasteiger partial charge in [-0.1, -0.05) is 0 Å². The predicted molar refractivity (Wildman–Crippen MR) is 89.4 cm³/mol. The molecule has 0 spiro atoms. The minimum atomic E-state index is 0.239. The van der Waals surface area contributed by atoms with E-state index in [0.29, 0.717) is 6.79 Å². The summed E-state index contributed by atoms with van der Waals surface area (Å²) in [5.74, 6) is 3.21. The van der Waals surface area contributed by atoms with E-state index in [0.717, 1.165) is 36.0 Å². The topological polar surface area (TPSA) is 41.4 Å². The predicted octanol–water partition coefficient (Wildman–Crippen LogP) is 1.59. The summed E-state index contributed by atoms with van der Waals surface area (Å²) < 4.78 is 22.0. The Labute approximate surface area is 141 Å². The third-order valence-corrected chi connectivity index (χ3v) is 4.97. The molecule has 0 saturated carbocycles. The summed E-state index contributed by atoms with van der Waals surface area (Å²) >= 11 is 0. The molecule has 2 aromatic carbocycles. The molecule has 24 heavy (non-hydrogen) atoms. The molecule has 2 atom stereocenters. The van der Waals surface area contributed by atoms with Crippen LogP contribution in [0.25, 0.3) is 0 Å². The third kappa shape index (κ3) is 2.36. The zero-order chi connectivity index (χ0) is 16.7. The van der Waals surface area contributed by atoms with Crippen LogP contribution in [0.1, 0.15) is 22.7 Å². The van der Waals surface area contributed by atoms with Gasteiger partial charge in [0.2, 0.25) is 6.79 Å². The number of rotatable bonds is 3. The average Bonchev–Trinajstić information content (AvgIpc) is 3.08. The molecule has 2 aliphatic heterocycles. The smallest absolute Gasteiger partial charge is 0.231 e. The van der Waals surface area contributed by atoms with Gasteiger partial charge in [0, 0.05) is 17.5 Å². The van der Waals surface area contributed by atoms with Gasteiger partial charge in [0.1, 0.15) is 6.04 Å². The summed E-state index contributed by atoms with van der Waals surface area (Å²) in [6.45, 7) is 1.37. The lowest BCUT2D eigenvalue weighted by Crippen LogP contribution is -3.10. The van der Waals surface area contributed by atoms with Crippen LogP contribution in [0.15, 0.2) is 30.3 Å². The monoisotopic (exact) mass is 328 g/mol. The number of nitrogens with one attached hydrogen (secondary N) is 1. The quantitative estimate of drug-likeness (QED) is 0.929. The van der Waals surface area contributed by atoms with Gasteiger partial charge >= 0.3 is 0 Å². The van der Waals surface area contributed by atoms with E-state index in [1.807, 2.05) is 6.07 Å². The van der Waals surface area contributed by atoms with E-state index < -0.39 is 0 Å². The van der Waals surface area contributed by atoms with Crippen molar-refractivity contribution in [2.75, 3.05) is 34.6 Å². The molecular weight excluding hydrogens is 306 g/mol. The molecule has 0 aromatic heterocycles. The van der Waals surface area contributed by atoms with Gasteiger partial charge in [-0.3, -0.25) is 0 Å². The standard InChI is InChI=1S/C19H21NO4/c1-20-7-6-12-8-16(21-2)17(22-3)10-14(12)19(20)13-4-5-15-18(9-13)24-11-23-15/h4-5,8-10,19H,6-7,11H2,1-3H3/p+1/t19-/m0/s1. The third-order valence-electron chi connectivity index (χ3n) is 4.97. The lowest BCUT2D eigenvalue weighted by Gasteiger charge is -2.32. The van der Waals surface area contributed by atoms with Gasteiger partial charge < -0.3 is 23.8 Å². The summed E-state index contributed by atoms with van der Waals surface area (Å²) in [4.78, 5) is 1.45. The first-order chi connectivity index (χ1) is 11.7. The highest BCUT2D eigenvalue weighted by Gasteiger charge is 2.32. The molecule has 2 heterocycles. The minimum absolute atomic E-state index is 0.239. The van der Waals surface area contributed by atoms with Crippen molar-refractivity contribution in [3.8, 4) is 23.0 Å². The zero-order valence-electron chi connectivity index (χ0n) is 14.2. The van der Waals surface area contributed by atoms with E-state index in [1.54, 1.807) is 14.2 Å². The first kappa shape index (κ1) is 15.1. The van der Waals surface area contributed by atoms with Crippen molar-refractivity contribution in [1.29, 1.82) is 0 Å². The van der Waals surface area contributed by atoms with Crippen LogP contribution in [-0.2, 0) is 6.42 Å². The van der Waals surface area contributed by atoms with Crippen LogP contribution in [0.5, 0.6) is 23.0 Å². The zero-order valence-corrected chi connectivity index (χ0v) is 14.2. The molecule has 0 aliphatic carbocycles. The lowest BCUT2D eigenvalue weighted by molar-refractivity contribution is -0.908. The Bertz CT molecular complexity index is 774. The molecular formula is C19H22NO4+. The Balaban J connectivity index is 1.82. The Morgan fingerprint density at radius 3 is 2.54 bits per heavy atom. The number of fused-ring (bicyclic) bond motifs is 2. The summed E-state index contributed by atoms with van der Waals surface area (Å²) in [5.41, 5.74) is 3.83. The molecule has 5 nitrogen and oxygen atoms in total. The van der Waals surface area contributed by atoms with E-state index in [4.69, 9.17) is 18.9 Å². The van der Waals surface area contributed by atoms with Gasteiger partial charge in [-0.05, 0) is 35.9 Å². The molecule has 0 bridgehead atoms. The van der Waals surface area contributed by atoms with Crippen molar-refractivity contribution in [3.05, 3.63) is 47.0 Å². The second-order valence-electron chi connectivity index (χ2n) is 6.30. The van der Waals surface area contributed by atoms with Crippen LogP contribution in [0.4, 0.5) is 0 Å². The number of ether oxygens (including phenoxy) is 4. The highest BCUT2D eigenvalue weighted by atomic mass is 16.7. The van der Waals surface area contributed by atoms with Gasteiger partial charge in [0.25, 0.3) is 0 Å². The molecule has 4 rings (SSSR count). The molecule has 2 aliphatic rings. The Morgan fingerprint density at radius 1 is 1.00 bits per heavy atom. The van der Waals surface area contributed by atoms with E-state index in [9.17, 15) is 0 Å². The Morgan fingerprint density at radius 2 is 1.75 bits per heavy atom. The maximum Gasteiger partial charge on any atom is 0.231 e. The summed E-state index contributed by atoms with van der Waals surface area (Å²) in [5, 5.41) is 0. The molecule has 0 radical (unpaired) electrons. The second-order valence-corrected chi connectivity index (χ2v) is 6.30. The molecule has 0 amide bonds. The highest BCUT2D eigenvalue weighted by molar-refractivity contribution is 5.52. The first-order valence-corrected chi connectivity index (χ1v) is 8.18. The fraction of sp³-hybridized carbons (Fsp3) is 0.368. The lowest BCUT2D eigenvalue weighted by atomic mass is 9.88. The van der Waals surface area contributed by atoms with E-state index in [2.05, 4.69) is 31.3 Å². The van der Waals surface area contributed by atoms with Gasteiger partial charge in [0.05, 0.1) is 27.8 Å². The number of likely N-dealkylation sites (N-methyl/N-ethyl adjacent to an activating group) is 1. The largest absolute Gasteiger partial charge is 0.493 e. The van der Waals surface area contributed by atoms with Crippen molar-refractivity contribution >= 4 is 0 Å². The molecule has 1 unspecified atom stereocenters. The second kappa shape index (κ2) is 5.91. The minimum Gasteiger partial charge on any atom is -0.493 e. The molecule has 1 N–H and O–H groups in total. The summed E-state index contributed by atoms with van der Waals surface area (Å²) in [6, 6.07) is 10.7. The average molecular weight is 328 g/mol. The van der Waals surface area contributed by atoms with Crippen molar-refractivity contribution < 1.29 is 23.8 Å². The number of methoxy groups -OCH3 is 2. The van der Waals surface area contributed by atoms with Crippen molar-refractivity contribution in [1.82, 2.24) is 0 Å². The van der Waals surface area contributed by atoms with Gasteiger partial charge in [-0.25, -0.2) is 0 Å². The number of hydrogen-bond donors (Lipinski definition) is 1. The van der Waals surface area contributed by atoms with Crippen LogP contribution in [-0.4, -0.2) is 34.6 Å². The number of hydrogen-bond acceptors (Lipinski definition) is 4. The van der Waals surface area contributed by atoms with Gasteiger partial charge in [-0.15, -0.1) is 0 Å². The molecule has 0 fully saturated rings. The van der Waals surface area contributed by atoms with E-state index in [-0.39, 0.29) is 6.04 Å². The molecule has 0 saturated heterocycles. The van der Waals surface area contributed by atoms with E-state index >= 15 is 0 Å². The maximum absolute atomic E-state index is 5.56. The Kier molecular flexibility index (Phi) is 3.73. The fourth-order valence-electron chi connectivity index (χ4n) is 3.72. The van der Waals surface area contributed by atoms with Crippen LogP contribution in [0, 0.1) is 0 Å². The fourth-order valence-corrected chi connectivity index (χ4v) is 3.72. The normalized spacial score (nSPS) is 21.3. The Hall–Kier alpha value is -2.40. The van der Waals surface area contributed by atoms with Crippen LogP contribution in [0.2, 0.25) is 0 Å². The van der Waals surface area contributed by atoms with Crippen molar-refractivity contribution in [2.45, 2.75) is 12.5 Å². The first-order valence-electron chi connectivity index (χ1n) is 8.18. The van der Waals surface area contributed by atoms with E-state index in [1.165, 1.54) is 21.6 Å². The molecule has 2 aromatic rings. The molecule has 5 heteroatoms.